The van der Waals surface area contributed by atoms with E-state index < -0.39 is 0 Å². The lowest BCUT2D eigenvalue weighted by molar-refractivity contribution is 1.09. The van der Waals surface area contributed by atoms with Crippen molar-refractivity contribution in [1.82, 2.24) is 0 Å². The zero-order chi connectivity index (χ0) is 8.55. The molecule has 0 aromatic heterocycles. The van der Waals surface area contributed by atoms with Crippen LogP contribution in [0.15, 0.2) is 22.7 Å². The molecule has 0 fully saturated rings. The van der Waals surface area contributed by atoms with E-state index in [0.717, 1.165) is 15.8 Å². The van der Waals surface area contributed by atoms with Crippen LogP contribution >= 0.6 is 15.9 Å². The van der Waals surface area contributed by atoms with E-state index in [0.29, 0.717) is 6.67 Å². The standard InChI is InChI=1S/C8H6BrN3/c9-6-2-1-3-7-8(6)12(4-10)5-11-7/h1-3,11H,5H2. The minimum atomic E-state index is 0.564. The number of fused-ring (bicyclic) bond motifs is 1. The molecule has 60 valence electrons. The van der Waals surface area contributed by atoms with Crippen LogP contribution in [0, 0.1) is 11.5 Å². The first-order valence-corrected chi connectivity index (χ1v) is 4.32. The van der Waals surface area contributed by atoms with Gasteiger partial charge in [0, 0.05) is 4.47 Å². The van der Waals surface area contributed by atoms with Crippen molar-refractivity contribution in [2.24, 2.45) is 0 Å². The van der Waals surface area contributed by atoms with Gasteiger partial charge in [0.2, 0.25) is 0 Å². The van der Waals surface area contributed by atoms with E-state index in [2.05, 4.69) is 27.4 Å². The first kappa shape index (κ1) is 7.44. The summed E-state index contributed by atoms with van der Waals surface area (Å²) in [6, 6.07) is 5.82. The van der Waals surface area contributed by atoms with E-state index in [9.17, 15) is 0 Å². The lowest BCUT2D eigenvalue weighted by Crippen LogP contribution is -2.15. The number of hydrogen-bond donors (Lipinski definition) is 1. The van der Waals surface area contributed by atoms with Crippen molar-refractivity contribution >= 4 is 27.3 Å². The minimum absolute atomic E-state index is 0.564. The third-order valence-corrected chi connectivity index (χ3v) is 2.44. The summed E-state index contributed by atoms with van der Waals surface area (Å²) in [5.74, 6) is 0. The molecule has 4 heteroatoms. The predicted octanol–water partition coefficient (Wildman–Crippen LogP) is 2.12. The van der Waals surface area contributed by atoms with Crippen molar-refractivity contribution in [3.63, 3.8) is 0 Å². The molecule has 1 N–H and O–H groups in total. The fraction of sp³-hybridized carbons (Fsp3) is 0.125. The Kier molecular flexibility index (Phi) is 1.66. The van der Waals surface area contributed by atoms with Crippen LogP contribution in [-0.2, 0) is 0 Å². The highest BCUT2D eigenvalue weighted by Gasteiger charge is 2.19. The number of anilines is 2. The van der Waals surface area contributed by atoms with Crippen molar-refractivity contribution in [3.05, 3.63) is 22.7 Å². The molecule has 12 heavy (non-hydrogen) atoms. The first-order valence-electron chi connectivity index (χ1n) is 3.52. The Morgan fingerprint density at radius 1 is 1.58 bits per heavy atom. The number of nitrogens with zero attached hydrogens (tertiary/aromatic N) is 2. The summed E-state index contributed by atoms with van der Waals surface area (Å²) in [7, 11) is 0. The smallest absolute Gasteiger partial charge is 0.186 e. The Balaban J connectivity index is 2.57. The van der Waals surface area contributed by atoms with Crippen LogP contribution in [0.5, 0.6) is 0 Å². The molecular weight excluding hydrogens is 218 g/mol. The molecule has 0 unspecified atom stereocenters. The van der Waals surface area contributed by atoms with Crippen LogP contribution in [0.3, 0.4) is 0 Å². The van der Waals surface area contributed by atoms with Gasteiger partial charge in [-0.2, -0.15) is 5.26 Å². The van der Waals surface area contributed by atoms with Crippen LogP contribution in [0.1, 0.15) is 0 Å². The van der Waals surface area contributed by atoms with E-state index in [1.54, 1.807) is 4.90 Å². The van der Waals surface area contributed by atoms with Crippen molar-refractivity contribution in [3.8, 4) is 6.19 Å². The second-order valence-electron chi connectivity index (χ2n) is 2.50. The van der Waals surface area contributed by atoms with Gasteiger partial charge in [-0.15, -0.1) is 0 Å². The van der Waals surface area contributed by atoms with Crippen molar-refractivity contribution in [2.45, 2.75) is 0 Å². The van der Waals surface area contributed by atoms with E-state index in [4.69, 9.17) is 5.26 Å². The van der Waals surface area contributed by atoms with Crippen molar-refractivity contribution in [1.29, 1.82) is 5.26 Å². The molecule has 3 nitrogen and oxygen atoms in total. The molecule has 0 spiro atoms. The molecule has 0 radical (unpaired) electrons. The van der Waals surface area contributed by atoms with E-state index in [1.165, 1.54) is 0 Å². The number of benzene rings is 1. The average Bonchev–Trinajstić information content (AvgIpc) is 2.49. The quantitative estimate of drug-likeness (QED) is 0.686. The van der Waals surface area contributed by atoms with Crippen molar-refractivity contribution in [2.75, 3.05) is 16.9 Å². The topological polar surface area (TPSA) is 39.1 Å². The second kappa shape index (κ2) is 2.68. The Labute approximate surface area is 78.7 Å². The highest BCUT2D eigenvalue weighted by molar-refractivity contribution is 9.10. The van der Waals surface area contributed by atoms with Gasteiger partial charge in [-0.3, -0.25) is 4.90 Å². The molecule has 0 saturated heterocycles. The van der Waals surface area contributed by atoms with Gasteiger partial charge in [0.1, 0.15) is 6.67 Å². The third-order valence-electron chi connectivity index (χ3n) is 1.81. The first-order chi connectivity index (χ1) is 5.83. The zero-order valence-corrected chi connectivity index (χ0v) is 7.80. The summed E-state index contributed by atoms with van der Waals surface area (Å²) in [5, 5.41) is 11.9. The van der Waals surface area contributed by atoms with E-state index in [1.807, 2.05) is 18.2 Å². The molecule has 0 saturated carbocycles. The Morgan fingerprint density at radius 2 is 2.42 bits per heavy atom. The van der Waals surface area contributed by atoms with Crippen LogP contribution in [-0.4, -0.2) is 6.67 Å². The SMILES string of the molecule is N#CN1CNc2cccc(Br)c21. The molecule has 1 aliphatic heterocycles. The Morgan fingerprint density at radius 3 is 3.17 bits per heavy atom. The van der Waals surface area contributed by atoms with Gasteiger partial charge in [0.25, 0.3) is 0 Å². The van der Waals surface area contributed by atoms with Crippen LogP contribution < -0.4 is 10.2 Å². The highest BCUT2D eigenvalue weighted by atomic mass is 79.9. The number of para-hydroxylation sites is 1. The molecule has 1 heterocycles. The summed E-state index contributed by atoms with van der Waals surface area (Å²) in [6.45, 7) is 0.564. The third kappa shape index (κ3) is 0.942. The predicted molar refractivity (Wildman–Crippen MR) is 50.7 cm³/mol. The van der Waals surface area contributed by atoms with Crippen molar-refractivity contribution < 1.29 is 0 Å². The zero-order valence-electron chi connectivity index (χ0n) is 6.21. The lowest BCUT2D eigenvalue weighted by atomic mass is 10.3. The van der Waals surface area contributed by atoms with Crippen LogP contribution in [0.4, 0.5) is 11.4 Å². The average molecular weight is 224 g/mol. The molecule has 0 bridgehead atoms. The lowest BCUT2D eigenvalue weighted by Gasteiger charge is -2.06. The van der Waals surface area contributed by atoms with E-state index >= 15 is 0 Å². The molecule has 0 aliphatic carbocycles. The maximum Gasteiger partial charge on any atom is 0.186 e. The summed E-state index contributed by atoms with van der Waals surface area (Å²) in [6.07, 6.45) is 2.10. The van der Waals surface area contributed by atoms with Gasteiger partial charge in [0.05, 0.1) is 11.4 Å². The molecule has 0 amide bonds. The molecule has 1 aromatic carbocycles. The molecule has 1 aromatic rings. The van der Waals surface area contributed by atoms with Crippen LogP contribution in [0.2, 0.25) is 0 Å². The number of hydrogen-bond acceptors (Lipinski definition) is 3. The number of halogens is 1. The Bertz CT molecular complexity index is 356. The summed E-state index contributed by atoms with van der Waals surface area (Å²) in [5.41, 5.74) is 1.94. The molecule has 1 aliphatic rings. The van der Waals surface area contributed by atoms with Gasteiger partial charge in [0.15, 0.2) is 6.19 Å². The van der Waals surface area contributed by atoms with Gasteiger partial charge in [-0.1, -0.05) is 6.07 Å². The van der Waals surface area contributed by atoms with Gasteiger partial charge >= 0.3 is 0 Å². The number of rotatable bonds is 0. The Hall–Kier alpha value is -1.21. The fourth-order valence-electron chi connectivity index (χ4n) is 1.26. The van der Waals surface area contributed by atoms with E-state index in [-0.39, 0.29) is 0 Å². The summed E-state index contributed by atoms with van der Waals surface area (Å²) < 4.78 is 0.951. The number of nitriles is 1. The van der Waals surface area contributed by atoms with Gasteiger partial charge in [-0.25, -0.2) is 0 Å². The monoisotopic (exact) mass is 223 g/mol. The maximum absolute atomic E-state index is 8.75. The van der Waals surface area contributed by atoms with Gasteiger partial charge in [-0.05, 0) is 28.1 Å². The minimum Gasteiger partial charge on any atom is -0.365 e. The largest absolute Gasteiger partial charge is 0.365 e. The summed E-state index contributed by atoms with van der Waals surface area (Å²) >= 11 is 3.40. The molecular formula is C8H6BrN3. The normalized spacial score (nSPS) is 13.5. The summed E-state index contributed by atoms with van der Waals surface area (Å²) in [4.78, 5) is 1.61. The number of nitrogens with one attached hydrogen (secondary N) is 1. The van der Waals surface area contributed by atoms with Gasteiger partial charge < -0.3 is 5.32 Å². The molecule has 2 rings (SSSR count). The fourth-order valence-corrected chi connectivity index (χ4v) is 1.84. The molecule has 0 atom stereocenters. The second-order valence-corrected chi connectivity index (χ2v) is 3.35. The maximum atomic E-state index is 8.75. The highest BCUT2D eigenvalue weighted by Crippen LogP contribution is 2.37. The van der Waals surface area contributed by atoms with Crippen LogP contribution in [0.25, 0.3) is 0 Å².